The van der Waals surface area contributed by atoms with Gasteiger partial charge in [-0.25, -0.2) is 8.42 Å². The minimum Gasteiger partial charge on any atom is -0.399 e. The van der Waals surface area contributed by atoms with E-state index in [1.54, 1.807) is 0 Å². The van der Waals surface area contributed by atoms with Crippen LogP contribution in [0.3, 0.4) is 0 Å². The van der Waals surface area contributed by atoms with Crippen molar-refractivity contribution in [3.05, 3.63) is 29.3 Å². The Morgan fingerprint density at radius 3 is 2.83 bits per heavy atom. The van der Waals surface area contributed by atoms with Gasteiger partial charge in [0.1, 0.15) is 9.84 Å². The molecule has 0 unspecified atom stereocenters. The van der Waals surface area contributed by atoms with Crippen LogP contribution in [0.15, 0.2) is 18.2 Å². The summed E-state index contributed by atoms with van der Waals surface area (Å²) in [6.07, 6.45) is 3.02. The van der Waals surface area contributed by atoms with Crippen molar-refractivity contribution >= 4 is 15.5 Å². The van der Waals surface area contributed by atoms with E-state index < -0.39 is 9.84 Å². The van der Waals surface area contributed by atoms with E-state index in [9.17, 15) is 8.42 Å². The molecule has 18 heavy (non-hydrogen) atoms. The van der Waals surface area contributed by atoms with Crippen molar-refractivity contribution in [1.82, 2.24) is 4.90 Å². The van der Waals surface area contributed by atoms with Crippen LogP contribution in [0.1, 0.15) is 17.5 Å². The fourth-order valence-electron chi connectivity index (χ4n) is 2.38. The van der Waals surface area contributed by atoms with E-state index >= 15 is 0 Å². The van der Waals surface area contributed by atoms with Crippen LogP contribution >= 0.6 is 0 Å². The van der Waals surface area contributed by atoms with Crippen LogP contribution in [0.5, 0.6) is 0 Å². The van der Waals surface area contributed by atoms with Crippen LogP contribution < -0.4 is 5.73 Å². The first-order chi connectivity index (χ1) is 8.44. The second-order valence-corrected chi connectivity index (χ2v) is 7.30. The molecule has 0 aromatic heterocycles. The number of hydrogen-bond acceptors (Lipinski definition) is 4. The molecule has 0 saturated carbocycles. The summed E-state index contributed by atoms with van der Waals surface area (Å²) in [5.41, 5.74) is 9.23. The Morgan fingerprint density at radius 2 is 2.11 bits per heavy atom. The number of nitrogens with two attached hydrogens (primary N) is 1. The highest BCUT2D eigenvalue weighted by Crippen LogP contribution is 2.21. The predicted molar refractivity (Wildman–Crippen MR) is 74.2 cm³/mol. The monoisotopic (exact) mass is 268 g/mol. The van der Waals surface area contributed by atoms with Crippen LogP contribution in [-0.2, 0) is 22.8 Å². The molecule has 0 spiro atoms. The maximum atomic E-state index is 11.1. The summed E-state index contributed by atoms with van der Waals surface area (Å²) in [4.78, 5) is 2.30. The zero-order valence-corrected chi connectivity index (χ0v) is 11.5. The molecule has 1 aromatic rings. The number of benzene rings is 1. The van der Waals surface area contributed by atoms with Gasteiger partial charge in [-0.2, -0.15) is 0 Å². The van der Waals surface area contributed by atoms with Crippen LogP contribution in [0, 0.1) is 0 Å². The lowest BCUT2D eigenvalue weighted by atomic mass is 9.99. The van der Waals surface area contributed by atoms with E-state index in [-0.39, 0.29) is 5.75 Å². The van der Waals surface area contributed by atoms with Crippen molar-refractivity contribution in [3.63, 3.8) is 0 Å². The summed E-state index contributed by atoms with van der Waals surface area (Å²) in [6.45, 7) is 2.71. The van der Waals surface area contributed by atoms with Gasteiger partial charge >= 0.3 is 0 Å². The lowest BCUT2D eigenvalue weighted by Crippen LogP contribution is -2.32. The lowest BCUT2D eigenvalue weighted by molar-refractivity contribution is 0.255. The molecule has 0 fully saturated rings. The van der Waals surface area contributed by atoms with Crippen LogP contribution in [0.25, 0.3) is 0 Å². The molecule has 1 aliphatic rings. The third-order valence-corrected chi connectivity index (χ3v) is 4.34. The summed E-state index contributed by atoms with van der Waals surface area (Å²) < 4.78 is 22.2. The van der Waals surface area contributed by atoms with Crippen molar-refractivity contribution in [2.24, 2.45) is 0 Å². The second-order valence-electron chi connectivity index (χ2n) is 5.04. The third-order valence-electron chi connectivity index (χ3n) is 3.31. The van der Waals surface area contributed by atoms with E-state index in [0.29, 0.717) is 6.42 Å². The van der Waals surface area contributed by atoms with Crippen LogP contribution in [-0.4, -0.2) is 38.4 Å². The molecule has 0 bridgehead atoms. The Labute approximate surface area is 109 Å². The number of fused-ring (bicyclic) bond motifs is 1. The molecule has 0 saturated heterocycles. The maximum Gasteiger partial charge on any atom is 0.147 e. The molecule has 100 valence electrons. The molecule has 2 N–H and O–H groups in total. The quantitative estimate of drug-likeness (QED) is 0.829. The molecule has 1 aromatic carbocycles. The van der Waals surface area contributed by atoms with Crippen molar-refractivity contribution in [2.45, 2.75) is 19.4 Å². The molecular formula is C13H20N2O2S. The van der Waals surface area contributed by atoms with Crippen molar-refractivity contribution in [1.29, 1.82) is 0 Å². The van der Waals surface area contributed by atoms with Crippen LogP contribution in [0.2, 0.25) is 0 Å². The van der Waals surface area contributed by atoms with E-state index in [2.05, 4.69) is 11.0 Å². The summed E-state index contributed by atoms with van der Waals surface area (Å²) in [5, 5.41) is 0. The first kappa shape index (κ1) is 13.4. The zero-order chi connectivity index (χ0) is 13.2. The van der Waals surface area contributed by atoms with Gasteiger partial charge in [0.15, 0.2) is 0 Å². The number of nitrogens with zero attached hydrogens (tertiary/aromatic N) is 1. The fraction of sp³-hybridized carbons (Fsp3) is 0.538. The summed E-state index contributed by atoms with van der Waals surface area (Å²) in [5.74, 6) is 0.271. The van der Waals surface area contributed by atoms with Gasteiger partial charge in [0.05, 0.1) is 5.75 Å². The number of anilines is 1. The van der Waals surface area contributed by atoms with E-state index in [0.717, 1.165) is 31.7 Å². The average molecular weight is 268 g/mol. The topological polar surface area (TPSA) is 63.4 Å². The number of hydrogen-bond donors (Lipinski definition) is 1. The summed E-state index contributed by atoms with van der Waals surface area (Å²) >= 11 is 0. The number of sulfone groups is 1. The normalized spacial score (nSPS) is 16.5. The summed E-state index contributed by atoms with van der Waals surface area (Å²) in [7, 11) is -2.84. The Bertz CT molecular complexity index is 526. The minimum absolute atomic E-state index is 0.271. The highest BCUT2D eigenvalue weighted by atomic mass is 32.2. The van der Waals surface area contributed by atoms with Gasteiger partial charge in [-0.1, -0.05) is 6.07 Å². The first-order valence-electron chi connectivity index (χ1n) is 6.21. The van der Waals surface area contributed by atoms with E-state index in [1.807, 2.05) is 12.1 Å². The van der Waals surface area contributed by atoms with Gasteiger partial charge in [-0.3, -0.25) is 4.90 Å². The molecule has 0 aliphatic carbocycles. The van der Waals surface area contributed by atoms with Gasteiger partial charge in [0.25, 0.3) is 0 Å². The minimum atomic E-state index is -2.84. The number of nitrogen functional groups attached to an aromatic ring is 1. The SMILES string of the molecule is CS(=O)(=O)CCCN1CCc2ccc(N)cc2C1. The molecule has 0 atom stereocenters. The van der Waals surface area contributed by atoms with Crippen molar-refractivity contribution < 1.29 is 8.42 Å². The molecule has 1 heterocycles. The molecule has 0 amide bonds. The highest BCUT2D eigenvalue weighted by molar-refractivity contribution is 7.90. The van der Waals surface area contributed by atoms with Crippen molar-refractivity contribution in [2.75, 3.05) is 30.8 Å². The molecule has 1 aliphatic heterocycles. The Morgan fingerprint density at radius 1 is 1.33 bits per heavy atom. The standard InChI is InChI=1S/C13H20N2O2S/c1-18(16,17)8-2-6-15-7-5-11-3-4-13(14)9-12(11)10-15/h3-4,9H,2,5-8,10,14H2,1H3. The van der Waals surface area contributed by atoms with E-state index in [1.165, 1.54) is 17.4 Å². The molecule has 0 radical (unpaired) electrons. The van der Waals surface area contributed by atoms with Gasteiger partial charge in [0.2, 0.25) is 0 Å². The van der Waals surface area contributed by atoms with E-state index in [4.69, 9.17) is 5.73 Å². The number of rotatable bonds is 4. The molecule has 5 heteroatoms. The smallest absolute Gasteiger partial charge is 0.147 e. The summed E-state index contributed by atoms with van der Waals surface area (Å²) in [6, 6.07) is 6.06. The predicted octanol–water partition coefficient (Wildman–Crippen LogP) is 1.06. The third kappa shape index (κ3) is 3.71. The molecular weight excluding hydrogens is 248 g/mol. The Hall–Kier alpha value is -1.07. The highest BCUT2D eigenvalue weighted by Gasteiger charge is 2.16. The fourth-order valence-corrected chi connectivity index (χ4v) is 3.03. The maximum absolute atomic E-state index is 11.1. The van der Waals surface area contributed by atoms with Gasteiger partial charge in [-0.15, -0.1) is 0 Å². The van der Waals surface area contributed by atoms with Crippen molar-refractivity contribution in [3.8, 4) is 0 Å². The molecule has 2 rings (SSSR count). The Balaban J connectivity index is 1.91. The average Bonchev–Trinajstić information content (AvgIpc) is 2.26. The van der Waals surface area contributed by atoms with Gasteiger partial charge in [-0.05, 0) is 42.6 Å². The van der Waals surface area contributed by atoms with Crippen LogP contribution in [0.4, 0.5) is 5.69 Å². The second kappa shape index (κ2) is 5.28. The van der Waals surface area contributed by atoms with Gasteiger partial charge < -0.3 is 5.73 Å². The zero-order valence-electron chi connectivity index (χ0n) is 10.7. The molecule has 4 nitrogen and oxygen atoms in total. The lowest BCUT2D eigenvalue weighted by Gasteiger charge is -2.28. The first-order valence-corrected chi connectivity index (χ1v) is 8.27. The Kier molecular flexibility index (Phi) is 3.92. The largest absolute Gasteiger partial charge is 0.399 e. The van der Waals surface area contributed by atoms with Gasteiger partial charge in [0, 0.05) is 25.0 Å².